The van der Waals surface area contributed by atoms with Gasteiger partial charge in [-0.25, -0.2) is 17.6 Å². The fraction of sp³-hybridized carbons (Fsp3) is 0.684. The van der Waals surface area contributed by atoms with E-state index in [1.165, 1.54) is 15.0 Å². The van der Waals surface area contributed by atoms with Gasteiger partial charge in [-0.1, -0.05) is 0 Å². The minimum Gasteiger partial charge on any atom is -0.457 e. The Morgan fingerprint density at radius 1 is 0.192 bits per heavy atom. The van der Waals surface area contributed by atoms with E-state index in [1.807, 2.05) is 9.97 Å². The van der Waals surface area contributed by atoms with Crippen molar-refractivity contribution in [3.63, 3.8) is 0 Å². The molecular weight excluding hydrogens is 1670 g/mol. The van der Waals surface area contributed by atoms with Crippen LogP contribution < -0.4 is 18.9 Å². The Kier molecular flexibility index (Phi) is 21.9. The first-order valence-electron chi connectivity index (χ1n) is 22.8. The lowest BCUT2D eigenvalue weighted by Crippen LogP contribution is -2.71. The van der Waals surface area contributed by atoms with Crippen LogP contribution in [0.3, 0.4) is 0 Å². The minimum atomic E-state index is -9.29. The molecule has 0 saturated heterocycles. The van der Waals surface area contributed by atoms with Crippen LogP contribution in [0.15, 0.2) is 0 Å². The van der Waals surface area contributed by atoms with E-state index in [2.05, 4.69) is 18.9 Å². The predicted molar refractivity (Wildman–Crippen MR) is 199 cm³/mol. The second-order valence-corrected chi connectivity index (χ2v) is 18.9. The van der Waals surface area contributed by atoms with Crippen molar-refractivity contribution in [3.05, 3.63) is 23.3 Å². The van der Waals surface area contributed by atoms with Crippen molar-refractivity contribution in [2.45, 2.75) is 144 Å². The third kappa shape index (κ3) is 13.2. The molecule has 104 heavy (non-hydrogen) atoms. The van der Waals surface area contributed by atoms with E-state index in [1.54, 1.807) is 4.98 Å². The molecule has 3 aromatic rings. The first kappa shape index (κ1) is 90.7. The van der Waals surface area contributed by atoms with Crippen molar-refractivity contribution in [1.82, 2.24) is 29.9 Å². The Morgan fingerprint density at radius 3 is 0.548 bits per heavy atom. The molecule has 0 unspecified atom stereocenters. The van der Waals surface area contributed by atoms with Crippen molar-refractivity contribution >= 4 is 0 Å². The molecule has 0 saturated carbocycles. The zero-order valence-electron chi connectivity index (χ0n) is 44.9. The molecule has 0 radical (unpaired) electrons. The summed E-state index contributed by atoms with van der Waals surface area (Å²) >= 11 is 0. The predicted octanol–water partition coefficient (Wildman–Crippen LogP) is 18.3. The molecule has 0 fully saturated rings. The van der Waals surface area contributed by atoms with Crippen molar-refractivity contribution in [2.75, 3.05) is 13.2 Å². The molecule has 0 amide bonds. The van der Waals surface area contributed by atoms with E-state index >= 15 is 17.6 Å². The molecule has 1 aromatic carbocycles. The Balaban J connectivity index is 2.64. The molecule has 2 heterocycles. The normalized spacial score (nSPS) is 15.8. The molecular formula is C38H4F56N6O4. The van der Waals surface area contributed by atoms with Gasteiger partial charge < -0.3 is 18.9 Å². The second-order valence-electron chi connectivity index (χ2n) is 18.9. The van der Waals surface area contributed by atoms with Crippen LogP contribution in [0.4, 0.5) is 246 Å². The van der Waals surface area contributed by atoms with E-state index in [4.69, 9.17) is 0 Å². The van der Waals surface area contributed by atoms with Gasteiger partial charge in [0.15, 0.2) is 48.1 Å². The minimum absolute atomic E-state index is 1.18. The molecule has 602 valence electrons. The van der Waals surface area contributed by atoms with Crippen LogP contribution in [0.2, 0.25) is 0 Å². The molecule has 66 heteroatoms. The van der Waals surface area contributed by atoms with E-state index < -0.39 is 227 Å². The number of benzene rings is 1. The fourth-order valence-corrected chi connectivity index (χ4v) is 6.11. The molecule has 0 atom stereocenters. The highest BCUT2D eigenvalue weighted by atomic mass is 19.5. The summed E-state index contributed by atoms with van der Waals surface area (Å²) in [5.41, 5.74) is -7.67. The Hall–Kier alpha value is -7.48. The van der Waals surface area contributed by atoms with Gasteiger partial charge in [0.25, 0.3) is 0 Å². The van der Waals surface area contributed by atoms with Gasteiger partial charge in [-0.05, 0) is 0 Å². The fourth-order valence-electron chi connectivity index (χ4n) is 6.11. The maximum atomic E-state index is 16.0. The molecule has 0 N–H and O–H groups in total. The highest BCUT2D eigenvalue weighted by Gasteiger charge is 2.96. The lowest BCUT2D eigenvalue weighted by atomic mass is 9.94. The molecule has 0 bridgehead atoms. The lowest BCUT2D eigenvalue weighted by molar-refractivity contribution is -0.457. The Bertz CT molecular complexity index is 3420. The van der Waals surface area contributed by atoms with E-state index in [0.29, 0.717) is 0 Å². The van der Waals surface area contributed by atoms with Crippen molar-refractivity contribution < 1.29 is 265 Å². The summed E-state index contributed by atoms with van der Waals surface area (Å²) in [6, 6.07) is -15.7. The van der Waals surface area contributed by atoms with Gasteiger partial charge in [0.1, 0.15) is 0 Å². The molecule has 10 nitrogen and oxygen atoms in total. The number of ether oxygens (including phenoxy) is 4. The highest BCUT2D eigenvalue weighted by molar-refractivity contribution is 5.67. The number of rotatable bonds is 28. The number of nitrogens with zero attached hydrogens (tertiary/aromatic N) is 6. The largest absolute Gasteiger partial charge is 0.473 e. The maximum Gasteiger partial charge on any atom is 0.473 e. The monoisotopic (exact) mass is 1670 g/mol. The van der Waals surface area contributed by atoms with Gasteiger partial charge >= 0.3 is 168 Å². The second kappa shape index (κ2) is 25.1. The highest BCUT2D eigenvalue weighted by Crippen LogP contribution is 2.66. The molecule has 0 aliphatic rings. The molecule has 0 spiro atoms. The third-order valence-electron chi connectivity index (χ3n) is 11.9. The number of halogens is 56. The Morgan fingerprint density at radius 2 is 0.356 bits per heavy atom. The first-order chi connectivity index (χ1) is 44.9. The molecule has 0 aliphatic carbocycles. The SMILES string of the molecule is Fc1c(F)c(-c2nc(OC(F)(F)C(F)(F)C(F)(F)C(F)(F)C(F)(F)C(F)(F)F)nc(OC(F)(F)C(F)(F)C(F)(F)C(F)(F)C(F)(F)C(F)(F)F)n2)c(F)c(F)c1-c1nc(OCC(F)(F)C(F)(F)C(F)(F)C(F)(F)C(F)(F)C(F)(F)F)nc(OCC(F)(F)C(F)(F)C(F)(F)C(F)(F)C(F)(F)C(F)(F)F)n1. The Labute approximate surface area is 522 Å². The summed E-state index contributed by atoms with van der Waals surface area (Å²) in [7, 11) is 0. The summed E-state index contributed by atoms with van der Waals surface area (Å²) in [6.07, 6.45) is -50.5. The standard InChI is InChI=1S/C38H4F56N6O4/c39-5-3(9-95-11(101-1-15(43,44)17(47,48)19(51,52)21(55,56)27(67,68)33(79,80)81)99-12(96-9)102-2-16(45,46)18(49,50)20(53,54)22(57,58)28(69,70)34(82,83)84)6(40)8(42)4(7(5)41)10-97-13(103-37(91,92)31(75,76)25(63,64)23(59,60)29(71,72)35(85,86)87)100-14(98-10)104-38(93,94)32(77,78)26(65,66)24(61,62)30(73,74)36(88,89)90/h1-2H2. The van der Waals surface area contributed by atoms with Gasteiger partial charge in [-0.15, -0.1) is 9.97 Å². The average Bonchev–Trinajstić information content (AvgIpc) is 0.726. The summed E-state index contributed by atoms with van der Waals surface area (Å²) in [6.45, 7) is -9.07. The zero-order valence-corrected chi connectivity index (χ0v) is 44.9. The first-order valence-corrected chi connectivity index (χ1v) is 22.8. The summed E-state index contributed by atoms with van der Waals surface area (Å²) in [4.78, 5) is 9.67. The van der Waals surface area contributed by atoms with Crippen LogP contribution in [0.5, 0.6) is 24.0 Å². The number of alkyl halides is 52. The van der Waals surface area contributed by atoms with Crippen LogP contribution in [-0.2, 0) is 0 Å². The number of hydrogen-bond donors (Lipinski definition) is 0. The van der Waals surface area contributed by atoms with Crippen LogP contribution >= 0.6 is 0 Å². The van der Waals surface area contributed by atoms with Crippen LogP contribution in [0.1, 0.15) is 0 Å². The summed E-state index contributed by atoms with van der Waals surface area (Å²) < 4.78 is 790. The van der Waals surface area contributed by atoms with Crippen LogP contribution in [0.25, 0.3) is 22.8 Å². The smallest absolute Gasteiger partial charge is 0.457 e. The number of aromatic nitrogens is 6. The maximum absolute atomic E-state index is 16.0. The van der Waals surface area contributed by atoms with E-state index in [0.717, 1.165) is 0 Å². The van der Waals surface area contributed by atoms with Gasteiger partial charge in [-0.2, -0.15) is 248 Å². The topological polar surface area (TPSA) is 114 Å². The third-order valence-corrected chi connectivity index (χ3v) is 11.9. The van der Waals surface area contributed by atoms with E-state index in [-0.39, 0.29) is 0 Å². The van der Waals surface area contributed by atoms with Crippen LogP contribution in [0, 0.1) is 23.3 Å². The lowest BCUT2D eigenvalue weighted by Gasteiger charge is -2.39. The van der Waals surface area contributed by atoms with Crippen molar-refractivity contribution in [2.24, 2.45) is 0 Å². The summed E-state index contributed by atoms with van der Waals surface area (Å²) in [5.74, 6) is -184. The molecule has 2 aromatic heterocycles. The molecule has 3 rings (SSSR count). The average molecular weight is 1670 g/mol. The van der Waals surface area contributed by atoms with Gasteiger partial charge in [0, 0.05) is 0 Å². The van der Waals surface area contributed by atoms with Crippen LogP contribution in [-0.4, -0.2) is 187 Å². The van der Waals surface area contributed by atoms with E-state index in [9.17, 15) is 228 Å². The summed E-state index contributed by atoms with van der Waals surface area (Å²) in [5, 5.41) is 0. The van der Waals surface area contributed by atoms with Crippen molar-refractivity contribution in [1.29, 1.82) is 0 Å². The van der Waals surface area contributed by atoms with Gasteiger partial charge in [-0.3, -0.25) is 0 Å². The zero-order chi connectivity index (χ0) is 83.4. The quantitative estimate of drug-likeness (QED) is 0.0514. The number of hydrogen-bond acceptors (Lipinski definition) is 10. The van der Waals surface area contributed by atoms with Crippen molar-refractivity contribution in [3.8, 4) is 46.8 Å². The van der Waals surface area contributed by atoms with Gasteiger partial charge in [0.05, 0.1) is 11.1 Å². The van der Waals surface area contributed by atoms with Gasteiger partial charge in [0.2, 0.25) is 0 Å². The molecule has 0 aliphatic heterocycles.